The standard InChI is InChI=1S/C34H36Cl2N2O5S/c1-34(20-31(39)40)19-29(24-6-5-7-26(36)18-24)32(23-12-14-25(35)15-13-23)38(33(34)41)30(22-10-11-22)21-37(27-8-3-2-4-9-27)44(42,43)28-16-17-28/h2-9,12-15,18,22,28-30,32H,10-11,16-17,19-21H2,1H3,(H,39,40). The minimum Gasteiger partial charge on any atom is -0.481 e. The van der Waals surface area contributed by atoms with Gasteiger partial charge in [-0.25, -0.2) is 8.42 Å². The first-order chi connectivity index (χ1) is 21.0. The monoisotopic (exact) mass is 654 g/mol. The lowest BCUT2D eigenvalue weighted by atomic mass is 9.67. The van der Waals surface area contributed by atoms with E-state index in [1.165, 1.54) is 4.31 Å². The number of carboxylic acids is 1. The number of likely N-dealkylation sites (tertiary alicyclic amines) is 1. The third-order valence-corrected chi connectivity index (χ3v) is 12.1. The summed E-state index contributed by atoms with van der Waals surface area (Å²) in [4.78, 5) is 28.9. The third-order valence-electron chi connectivity index (χ3n) is 9.31. The van der Waals surface area contributed by atoms with Crippen molar-refractivity contribution in [2.24, 2.45) is 11.3 Å². The van der Waals surface area contributed by atoms with E-state index in [9.17, 15) is 23.1 Å². The van der Waals surface area contributed by atoms with E-state index in [1.807, 2.05) is 53.4 Å². The lowest BCUT2D eigenvalue weighted by molar-refractivity contribution is -0.160. The van der Waals surface area contributed by atoms with Gasteiger partial charge in [-0.15, -0.1) is 0 Å². The molecular formula is C34H36Cl2N2O5S. The predicted octanol–water partition coefficient (Wildman–Crippen LogP) is 7.31. The molecular weight excluding hydrogens is 619 g/mol. The Morgan fingerprint density at radius 1 is 0.955 bits per heavy atom. The molecule has 1 aliphatic heterocycles. The highest BCUT2D eigenvalue weighted by atomic mass is 35.5. The Labute approximate surface area is 268 Å². The summed E-state index contributed by atoms with van der Waals surface area (Å²) in [5, 5.41) is 10.6. The Morgan fingerprint density at radius 3 is 2.23 bits per heavy atom. The highest BCUT2D eigenvalue weighted by Crippen LogP contribution is 2.54. The first kappa shape index (κ1) is 30.9. The highest BCUT2D eigenvalue weighted by Gasteiger charge is 2.55. The fourth-order valence-corrected chi connectivity index (χ4v) is 9.05. The fourth-order valence-electron chi connectivity index (χ4n) is 6.86. The molecule has 10 heteroatoms. The second kappa shape index (κ2) is 12.0. The Balaban J connectivity index is 1.52. The summed E-state index contributed by atoms with van der Waals surface area (Å²) in [6.45, 7) is 1.82. The van der Waals surface area contributed by atoms with Crippen molar-refractivity contribution in [3.05, 3.63) is 100 Å². The minimum atomic E-state index is -3.68. The van der Waals surface area contributed by atoms with Crippen molar-refractivity contribution in [1.82, 2.24) is 4.90 Å². The number of amides is 1. The van der Waals surface area contributed by atoms with Gasteiger partial charge in [-0.2, -0.15) is 0 Å². The van der Waals surface area contributed by atoms with Crippen LogP contribution in [0.15, 0.2) is 78.9 Å². The molecule has 232 valence electrons. The van der Waals surface area contributed by atoms with Crippen LogP contribution in [0.5, 0.6) is 0 Å². The average molecular weight is 656 g/mol. The number of nitrogens with zero attached hydrogens (tertiary/aromatic N) is 2. The van der Waals surface area contributed by atoms with Crippen LogP contribution in [0.4, 0.5) is 5.69 Å². The number of halogens is 2. The van der Waals surface area contributed by atoms with E-state index in [0.29, 0.717) is 35.0 Å². The van der Waals surface area contributed by atoms with Crippen molar-refractivity contribution in [2.45, 2.75) is 68.7 Å². The lowest BCUT2D eigenvalue weighted by Crippen LogP contribution is -2.59. The molecule has 1 N–H and O–H groups in total. The third kappa shape index (κ3) is 6.22. The van der Waals surface area contributed by atoms with Gasteiger partial charge >= 0.3 is 5.97 Å². The zero-order chi connectivity index (χ0) is 31.2. The molecule has 6 rings (SSSR count). The largest absolute Gasteiger partial charge is 0.481 e. The molecule has 3 fully saturated rings. The highest BCUT2D eigenvalue weighted by molar-refractivity contribution is 7.93. The Morgan fingerprint density at radius 2 is 1.64 bits per heavy atom. The Kier molecular flexibility index (Phi) is 8.46. The number of carbonyl (C=O) groups is 2. The normalized spacial score (nSPS) is 24.6. The van der Waals surface area contributed by atoms with Crippen molar-refractivity contribution < 1.29 is 23.1 Å². The topological polar surface area (TPSA) is 95.0 Å². The van der Waals surface area contributed by atoms with Gasteiger partial charge < -0.3 is 10.0 Å². The minimum absolute atomic E-state index is 0.0709. The zero-order valence-corrected chi connectivity index (χ0v) is 26.8. The number of anilines is 1. The van der Waals surface area contributed by atoms with Crippen LogP contribution in [-0.2, 0) is 19.6 Å². The van der Waals surface area contributed by atoms with E-state index < -0.39 is 38.7 Å². The van der Waals surface area contributed by atoms with Crippen LogP contribution >= 0.6 is 23.2 Å². The fraction of sp³-hybridized carbons (Fsp3) is 0.412. The number of hydrogen-bond acceptors (Lipinski definition) is 4. The van der Waals surface area contributed by atoms with E-state index in [1.54, 1.807) is 37.3 Å². The first-order valence-electron chi connectivity index (χ1n) is 15.1. The average Bonchev–Trinajstić information content (AvgIpc) is 3.89. The smallest absolute Gasteiger partial charge is 0.304 e. The van der Waals surface area contributed by atoms with Crippen LogP contribution in [-0.4, -0.2) is 48.1 Å². The van der Waals surface area contributed by atoms with Gasteiger partial charge in [-0.3, -0.25) is 13.9 Å². The van der Waals surface area contributed by atoms with Crippen LogP contribution in [0, 0.1) is 11.3 Å². The summed E-state index contributed by atoms with van der Waals surface area (Å²) >= 11 is 12.8. The number of hydrogen-bond donors (Lipinski definition) is 1. The maximum Gasteiger partial charge on any atom is 0.304 e. The lowest BCUT2D eigenvalue weighted by Gasteiger charge is -2.52. The number of carbonyl (C=O) groups excluding carboxylic acids is 1. The SMILES string of the molecule is CC1(CC(=O)O)CC(c2cccc(Cl)c2)C(c2ccc(Cl)cc2)N(C(CN(c2ccccc2)S(=O)(=O)C2CC2)C2CC2)C1=O. The van der Waals surface area contributed by atoms with Crippen molar-refractivity contribution >= 4 is 50.8 Å². The molecule has 3 aromatic carbocycles. The summed E-state index contributed by atoms with van der Waals surface area (Å²) in [7, 11) is -3.68. The van der Waals surface area contributed by atoms with Gasteiger partial charge in [0.05, 0.1) is 41.4 Å². The Bertz CT molecular complexity index is 1640. The van der Waals surface area contributed by atoms with E-state index in [4.69, 9.17) is 23.2 Å². The summed E-state index contributed by atoms with van der Waals surface area (Å²) in [5.41, 5.74) is 1.10. The van der Waals surface area contributed by atoms with E-state index >= 15 is 0 Å². The van der Waals surface area contributed by atoms with Gasteiger partial charge in [-0.1, -0.05) is 72.6 Å². The van der Waals surface area contributed by atoms with E-state index in [2.05, 4.69) is 0 Å². The molecule has 0 aromatic heterocycles. The molecule has 0 bridgehead atoms. The van der Waals surface area contributed by atoms with Gasteiger partial charge in [-0.05, 0) is 85.5 Å². The number of sulfonamides is 1. The molecule has 1 amide bonds. The molecule has 4 atom stereocenters. The van der Waals surface area contributed by atoms with Crippen LogP contribution in [0.25, 0.3) is 0 Å². The van der Waals surface area contributed by atoms with Crippen LogP contribution < -0.4 is 4.31 Å². The zero-order valence-electron chi connectivity index (χ0n) is 24.5. The number of rotatable bonds is 11. The quantitative estimate of drug-likeness (QED) is 0.234. The summed E-state index contributed by atoms with van der Waals surface area (Å²) in [6.07, 6.45) is 2.89. The van der Waals surface area contributed by atoms with Gasteiger partial charge in [0.2, 0.25) is 15.9 Å². The van der Waals surface area contributed by atoms with Gasteiger partial charge in [0.25, 0.3) is 0 Å². The maximum absolute atomic E-state index is 14.8. The van der Waals surface area contributed by atoms with Crippen LogP contribution in [0.3, 0.4) is 0 Å². The molecule has 0 radical (unpaired) electrons. The number of para-hydroxylation sites is 1. The number of piperidine rings is 1. The molecule has 1 heterocycles. The van der Waals surface area contributed by atoms with E-state index in [0.717, 1.165) is 24.0 Å². The number of benzene rings is 3. The van der Waals surface area contributed by atoms with Gasteiger partial charge in [0, 0.05) is 16.0 Å². The number of aliphatic carboxylic acids is 1. The van der Waals surface area contributed by atoms with Crippen LogP contribution in [0.1, 0.15) is 68.5 Å². The molecule has 44 heavy (non-hydrogen) atoms. The molecule has 2 aliphatic carbocycles. The molecule has 3 aliphatic rings. The van der Waals surface area contributed by atoms with E-state index in [-0.39, 0.29) is 30.7 Å². The molecule has 3 aromatic rings. The molecule has 4 unspecified atom stereocenters. The number of carboxylic acid groups (broad SMARTS) is 1. The van der Waals surface area contributed by atoms with Gasteiger partial charge in [0.1, 0.15) is 0 Å². The second-order valence-electron chi connectivity index (χ2n) is 12.7. The second-order valence-corrected chi connectivity index (χ2v) is 15.7. The Hall–Kier alpha value is -3.07. The van der Waals surface area contributed by atoms with Crippen molar-refractivity contribution in [2.75, 3.05) is 10.8 Å². The predicted molar refractivity (Wildman–Crippen MR) is 172 cm³/mol. The molecule has 7 nitrogen and oxygen atoms in total. The summed E-state index contributed by atoms with van der Waals surface area (Å²) < 4.78 is 29.4. The summed E-state index contributed by atoms with van der Waals surface area (Å²) in [5.74, 6) is -1.56. The molecule has 1 saturated heterocycles. The molecule has 2 saturated carbocycles. The summed E-state index contributed by atoms with van der Waals surface area (Å²) in [6, 6.07) is 23.0. The van der Waals surface area contributed by atoms with Crippen molar-refractivity contribution in [3.63, 3.8) is 0 Å². The van der Waals surface area contributed by atoms with Crippen molar-refractivity contribution in [3.8, 4) is 0 Å². The maximum atomic E-state index is 14.8. The first-order valence-corrected chi connectivity index (χ1v) is 17.4. The molecule has 0 spiro atoms. The van der Waals surface area contributed by atoms with Crippen LogP contribution in [0.2, 0.25) is 10.0 Å². The van der Waals surface area contributed by atoms with Gasteiger partial charge in [0.15, 0.2) is 0 Å². The van der Waals surface area contributed by atoms with Crippen molar-refractivity contribution in [1.29, 1.82) is 0 Å².